The van der Waals surface area contributed by atoms with E-state index in [2.05, 4.69) is 20.7 Å². The van der Waals surface area contributed by atoms with Crippen molar-refractivity contribution in [3.63, 3.8) is 0 Å². The molecule has 1 aliphatic heterocycles. The zero-order chi connectivity index (χ0) is 20.1. The Bertz CT molecular complexity index is 956. The molecule has 0 atom stereocenters. The Kier molecular flexibility index (Phi) is 6.61. The summed E-state index contributed by atoms with van der Waals surface area (Å²) in [5.74, 6) is 0.107. The molecule has 28 heavy (non-hydrogen) atoms. The smallest absolute Gasteiger partial charge is 0.265 e. The number of likely N-dealkylation sites (tertiary alicyclic amines) is 1. The summed E-state index contributed by atoms with van der Waals surface area (Å²) in [6.45, 7) is 3.52. The zero-order valence-corrected chi connectivity index (χ0v) is 18.1. The van der Waals surface area contributed by atoms with Crippen molar-refractivity contribution in [1.82, 2.24) is 4.90 Å². The molecule has 1 aliphatic rings. The molecule has 8 heteroatoms. The fraction of sp³-hybridized carbons (Fsp3) is 0.350. The van der Waals surface area contributed by atoms with Gasteiger partial charge >= 0.3 is 0 Å². The van der Waals surface area contributed by atoms with Crippen LogP contribution < -0.4 is 9.46 Å². The molecule has 1 heterocycles. The number of ether oxygens (including phenoxy) is 1. The van der Waals surface area contributed by atoms with Crippen LogP contribution in [-0.4, -0.2) is 38.9 Å². The van der Waals surface area contributed by atoms with Crippen molar-refractivity contribution in [2.24, 2.45) is 0 Å². The Labute approximate surface area is 174 Å². The number of amides is 1. The Hall–Kier alpha value is -2.06. The van der Waals surface area contributed by atoms with Gasteiger partial charge in [-0.2, -0.15) is 0 Å². The number of nitrogens with one attached hydrogen (secondary N) is 1. The Balaban J connectivity index is 1.94. The Morgan fingerprint density at radius 3 is 2.57 bits per heavy atom. The molecular weight excluding hydrogens is 444 g/mol. The summed E-state index contributed by atoms with van der Waals surface area (Å²) >= 11 is 3.31. The molecule has 0 spiro atoms. The van der Waals surface area contributed by atoms with E-state index in [-0.39, 0.29) is 22.2 Å². The second-order valence-corrected chi connectivity index (χ2v) is 9.09. The van der Waals surface area contributed by atoms with E-state index in [9.17, 15) is 13.2 Å². The van der Waals surface area contributed by atoms with Crippen LogP contribution in [0.4, 0.5) is 5.69 Å². The summed E-state index contributed by atoms with van der Waals surface area (Å²) in [6, 6.07) is 11.5. The summed E-state index contributed by atoms with van der Waals surface area (Å²) in [5.41, 5.74) is 0.612. The molecule has 1 fully saturated rings. The number of carbonyl (C=O) groups is 1. The van der Waals surface area contributed by atoms with Crippen molar-refractivity contribution in [3.8, 4) is 5.75 Å². The average Bonchev–Trinajstić information content (AvgIpc) is 2.70. The van der Waals surface area contributed by atoms with E-state index >= 15 is 0 Å². The zero-order valence-electron chi connectivity index (χ0n) is 15.7. The molecule has 2 aromatic rings. The molecule has 1 saturated heterocycles. The Morgan fingerprint density at radius 2 is 1.86 bits per heavy atom. The number of carbonyl (C=O) groups excluding carboxylic acids is 1. The van der Waals surface area contributed by atoms with Crippen molar-refractivity contribution in [3.05, 3.63) is 52.5 Å². The molecule has 0 aliphatic carbocycles. The third kappa shape index (κ3) is 4.67. The highest BCUT2D eigenvalue weighted by atomic mass is 79.9. The topological polar surface area (TPSA) is 75.7 Å². The van der Waals surface area contributed by atoms with Gasteiger partial charge in [-0.25, -0.2) is 8.42 Å². The summed E-state index contributed by atoms with van der Waals surface area (Å²) in [4.78, 5) is 14.7. The molecule has 150 valence electrons. The lowest BCUT2D eigenvalue weighted by Crippen LogP contribution is -2.36. The molecule has 6 nitrogen and oxygen atoms in total. The molecule has 0 unspecified atom stereocenters. The normalized spacial score (nSPS) is 14.6. The number of hydrogen-bond donors (Lipinski definition) is 1. The molecule has 2 aromatic carbocycles. The maximum Gasteiger partial charge on any atom is 0.265 e. The maximum atomic E-state index is 13.1. The number of hydrogen-bond acceptors (Lipinski definition) is 4. The highest BCUT2D eigenvalue weighted by molar-refractivity contribution is 9.10. The second kappa shape index (κ2) is 8.96. The molecule has 0 bridgehead atoms. The van der Waals surface area contributed by atoms with Gasteiger partial charge in [-0.3, -0.25) is 9.52 Å². The molecule has 1 N–H and O–H groups in total. The van der Waals surface area contributed by atoms with Gasteiger partial charge in [-0.15, -0.1) is 0 Å². The number of halogens is 1. The lowest BCUT2D eigenvalue weighted by molar-refractivity contribution is 0.0725. The van der Waals surface area contributed by atoms with Crippen LogP contribution in [0, 0.1) is 0 Å². The molecule has 0 radical (unpaired) electrons. The second-order valence-electron chi connectivity index (χ2n) is 6.53. The number of sulfonamides is 1. The standard InChI is InChI=1S/C20H23BrN2O4S/c1-2-27-18-11-10-15(21)14-19(18)28(25,26)22-17-9-5-4-8-16(17)20(24)23-12-6-3-7-13-23/h4-5,8-11,14,22H,2-3,6-7,12-13H2,1H3. The summed E-state index contributed by atoms with van der Waals surface area (Å²) in [7, 11) is -3.95. The monoisotopic (exact) mass is 466 g/mol. The number of benzene rings is 2. The molecular formula is C20H23BrN2O4S. The van der Waals surface area contributed by atoms with Crippen LogP contribution in [0.2, 0.25) is 0 Å². The van der Waals surface area contributed by atoms with E-state index in [4.69, 9.17) is 4.74 Å². The van der Waals surface area contributed by atoms with Gasteiger partial charge in [0.2, 0.25) is 0 Å². The number of piperidine rings is 1. The minimum atomic E-state index is -3.95. The average molecular weight is 467 g/mol. The van der Waals surface area contributed by atoms with Crippen LogP contribution in [-0.2, 0) is 10.0 Å². The van der Waals surface area contributed by atoms with Crippen LogP contribution in [0.25, 0.3) is 0 Å². The number of nitrogens with zero attached hydrogens (tertiary/aromatic N) is 1. The van der Waals surface area contributed by atoms with Gasteiger partial charge in [0.05, 0.1) is 17.9 Å². The predicted octanol–water partition coefficient (Wildman–Crippen LogP) is 4.27. The molecule has 3 rings (SSSR count). The maximum absolute atomic E-state index is 13.1. The lowest BCUT2D eigenvalue weighted by atomic mass is 10.1. The van der Waals surface area contributed by atoms with E-state index < -0.39 is 10.0 Å². The van der Waals surface area contributed by atoms with Gasteiger partial charge in [-0.05, 0) is 56.5 Å². The summed E-state index contributed by atoms with van der Waals surface area (Å²) in [5, 5.41) is 0. The van der Waals surface area contributed by atoms with Crippen molar-refractivity contribution in [1.29, 1.82) is 0 Å². The highest BCUT2D eigenvalue weighted by Crippen LogP contribution is 2.30. The fourth-order valence-electron chi connectivity index (χ4n) is 3.19. The van der Waals surface area contributed by atoms with Crippen LogP contribution in [0.5, 0.6) is 5.75 Å². The first kappa shape index (κ1) is 20.7. The minimum Gasteiger partial charge on any atom is -0.492 e. The quantitative estimate of drug-likeness (QED) is 0.689. The minimum absolute atomic E-state index is 0.0175. The fourth-order valence-corrected chi connectivity index (χ4v) is 4.96. The summed E-state index contributed by atoms with van der Waals surface area (Å²) in [6.07, 6.45) is 3.05. The van der Waals surface area contributed by atoms with E-state index in [1.165, 1.54) is 6.07 Å². The number of rotatable bonds is 6. The predicted molar refractivity (Wildman–Crippen MR) is 112 cm³/mol. The van der Waals surface area contributed by atoms with Crippen LogP contribution >= 0.6 is 15.9 Å². The van der Waals surface area contributed by atoms with Gasteiger partial charge in [0, 0.05) is 17.6 Å². The van der Waals surface area contributed by atoms with Gasteiger partial charge in [0.25, 0.3) is 15.9 Å². The van der Waals surface area contributed by atoms with Gasteiger partial charge in [-0.1, -0.05) is 28.1 Å². The SMILES string of the molecule is CCOc1ccc(Br)cc1S(=O)(=O)Nc1ccccc1C(=O)N1CCCCC1. The molecule has 0 aromatic heterocycles. The first-order valence-electron chi connectivity index (χ1n) is 9.26. The van der Waals surface area contributed by atoms with Gasteiger partial charge < -0.3 is 9.64 Å². The molecule has 1 amide bonds. The lowest BCUT2D eigenvalue weighted by Gasteiger charge is -2.27. The number of anilines is 1. The van der Waals surface area contributed by atoms with Crippen LogP contribution in [0.15, 0.2) is 51.8 Å². The first-order valence-corrected chi connectivity index (χ1v) is 11.5. The van der Waals surface area contributed by atoms with Gasteiger partial charge in [0.15, 0.2) is 0 Å². The molecule has 0 saturated carbocycles. The first-order chi connectivity index (χ1) is 13.4. The van der Waals surface area contributed by atoms with E-state index in [0.717, 1.165) is 19.3 Å². The van der Waals surface area contributed by atoms with Crippen molar-refractivity contribution >= 4 is 37.5 Å². The largest absolute Gasteiger partial charge is 0.492 e. The van der Waals surface area contributed by atoms with Crippen molar-refractivity contribution < 1.29 is 17.9 Å². The van der Waals surface area contributed by atoms with Gasteiger partial charge in [0.1, 0.15) is 10.6 Å². The van der Waals surface area contributed by atoms with Crippen molar-refractivity contribution in [2.45, 2.75) is 31.1 Å². The van der Waals surface area contributed by atoms with E-state index in [0.29, 0.717) is 29.7 Å². The highest BCUT2D eigenvalue weighted by Gasteiger charge is 2.25. The Morgan fingerprint density at radius 1 is 1.14 bits per heavy atom. The van der Waals surface area contributed by atoms with Crippen molar-refractivity contribution in [2.75, 3.05) is 24.4 Å². The van der Waals surface area contributed by atoms with E-state index in [1.807, 2.05) is 0 Å². The summed E-state index contributed by atoms with van der Waals surface area (Å²) < 4.78 is 34.8. The van der Waals surface area contributed by atoms with Crippen LogP contribution in [0.3, 0.4) is 0 Å². The third-order valence-corrected chi connectivity index (χ3v) is 6.42. The van der Waals surface area contributed by atoms with Crippen LogP contribution in [0.1, 0.15) is 36.5 Å². The van der Waals surface area contributed by atoms with E-state index in [1.54, 1.807) is 48.2 Å². The number of para-hydroxylation sites is 1. The third-order valence-electron chi connectivity index (χ3n) is 4.54.